The van der Waals surface area contributed by atoms with Gasteiger partial charge in [-0.15, -0.1) is 22.7 Å². The van der Waals surface area contributed by atoms with E-state index in [2.05, 4.69) is 321 Å². The standard InChI is InChI=1S/C85H63N3S2/c1-6-18-68-70-24-16-26-76(83(70)89-80(68)7-2)86(64-19-10-8-11-20-64)66-41-35-53(36-42-66)56-29-31-58-47-72-74-49-62(55-33-39-63(40-34-55)85(3,4)5)50-75-73-48-59-32-30-57(46-61(59)52-79(73)88(82(74)75)78(72)51-60(58)45-56)54-37-43-67(44-38-54)87(65-21-12-9-13-22-65)77-27-17-25-71-69-23-14-15-28-81(69)90-84(71)77/h6-25,27-52,76H,2,26H2,1,3-5H3/b18-6-. The summed E-state index contributed by atoms with van der Waals surface area (Å²) in [5, 5.41) is 12.6. The fourth-order valence-electron chi connectivity index (χ4n) is 14.4. The van der Waals surface area contributed by atoms with Gasteiger partial charge in [-0.05, 0) is 200 Å². The minimum atomic E-state index is 0.0655. The number of rotatable bonds is 11. The van der Waals surface area contributed by atoms with Crippen molar-refractivity contribution in [1.29, 1.82) is 0 Å². The third-order valence-electron chi connectivity index (χ3n) is 18.8. The van der Waals surface area contributed by atoms with Gasteiger partial charge in [0.15, 0.2) is 0 Å². The molecule has 12 aromatic carbocycles. The monoisotopic (exact) mass is 1190 g/mol. The molecule has 0 amide bonds. The highest BCUT2D eigenvalue weighted by molar-refractivity contribution is 7.26. The Balaban J connectivity index is 0.774. The fourth-order valence-corrected chi connectivity index (χ4v) is 16.8. The molecule has 1 atom stereocenters. The number of para-hydroxylation sites is 2. The predicted molar refractivity (Wildman–Crippen MR) is 393 cm³/mol. The Hall–Kier alpha value is -10.3. The fraction of sp³-hybridized carbons (Fsp3) is 0.0824. The summed E-state index contributed by atoms with van der Waals surface area (Å²) in [6, 6.07) is 93.7. The molecule has 0 radical (unpaired) electrons. The molecule has 16 aromatic rings. The summed E-state index contributed by atoms with van der Waals surface area (Å²) in [4.78, 5) is 7.53. The molecule has 1 aliphatic rings. The van der Waals surface area contributed by atoms with Gasteiger partial charge >= 0.3 is 0 Å². The van der Waals surface area contributed by atoms with E-state index in [0.29, 0.717) is 0 Å². The van der Waals surface area contributed by atoms with E-state index in [1.165, 1.54) is 157 Å². The predicted octanol–water partition coefficient (Wildman–Crippen LogP) is 25.3. The van der Waals surface area contributed by atoms with Crippen LogP contribution in [0.3, 0.4) is 0 Å². The van der Waals surface area contributed by atoms with E-state index >= 15 is 0 Å². The second kappa shape index (κ2) is 21.2. The first-order valence-electron chi connectivity index (χ1n) is 31.3. The minimum Gasteiger partial charge on any atom is -0.333 e. The van der Waals surface area contributed by atoms with E-state index in [0.717, 1.165) is 17.8 Å². The molecule has 5 heteroatoms. The second-order valence-corrected chi connectivity index (χ2v) is 27.3. The molecular weight excluding hydrogens is 1130 g/mol. The lowest BCUT2D eigenvalue weighted by Gasteiger charge is -2.35. The summed E-state index contributed by atoms with van der Waals surface area (Å²) in [7, 11) is 0. The summed E-state index contributed by atoms with van der Waals surface area (Å²) < 4.78 is 5.15. The lowest BCUT2D eigenvalue weighted by Crippen LogP contribution is -2.24. The topological polar surface area (TPSA) is 10.9 Å². The van der Waals surface area contributed by atoms with Crippen LogP contribution in [0, 0.1) is 0 Å². The Kier molecular flexibility index (Phi) is 12.7. The molecule has 1 unspecified atom stereocenters. The summed E-state index contributed by atoms with van der Waals surface area (Å²) in [5.41, 5.74) is 20.7. The molecular formula is C85H63N3S2. The van der Waals surface area contributed by atoms with E-state index in [4.69, 9.17) is 0 Å². The maximum Gasteiger partial charge on any atom is 0.0725 e. The van der Waals surface area contributed by atoms with Crippen LogP contribution in [0.2, 0.25) is 0 Å². The summed E-state index contributed by atoms with van der Waals surface area (Å²) in [6.45, 7) is 13.2. The van der Waals surface area contributed by atoms with Crippen molar-refractivity contribution < 1.29 is 0 Å². The largest absolute Gasteiger partial charge is 0.333 e. The van der Waals surface area contributed by atoms with Crippen LogP contribution in [0.5, 0.6) is 0 Å². The second-order valence-electron chi connectivity index (χ2n) is 25.2. The first-order chi connectivity index (χ1) is 44.1. The summed E-state index contributed by atoms with van der Waals surface area (Å²) in [5.74, 6) is 0. The SMILES string of the molecule is C=Cc1sc2c(c1/C=C\C)C=CCC2N(c1ccccc1)c1ccc(-c2ccc3cc4c5cc(-c6ccc(C(C)(C)C)cc6)cc6c7cc8ccc(-c9ccc(N(c%10ccccc%10)c%10cccc%11c%10sc%10ccccc%10%11)cc9)cc8cc7n(c4cc3c2)c65)cc1. The Morgan fingerprint density at radius 2 is 1.02 bits per heavy atom. The number of allylic oxidation sites excluding steroid dienone is 1. The van der Waals surface area contributed by atoms with Gasteiger partial charge in [-0.2, -0.15) is 0 Å². The quantitative estimate of drug-likeness (QED) is 0.128. The van der Waals surface area contributed by atoms with Gasteiger partial charge in [-0.1, -0.05) is 197 Å². The van der Waals surface area contributed by atoms with E-state index in [9.17, 15) is 0 Å². The molecule has 3 nitrogen and oxygen atoms in total. The van der Waals surface area contributed by atoms with Crippen LogP contribution in [-0.4, -0.2) is 4.40 Å². The Labute approximate surface area is 532 Å². The number of anilines is 5. The van der Waals surface area contributed by atoms with Crippen molar-refractivity contribution in [3.63, 3.8) is 0 Å². The van der Waals surface area contributed by atoms with Gasteiger partial charge in [0.2, 0.25) is 0 Å². The molecule has 4 aromatic heterocycles. The van der Waals surface area contributed by atoms with Gasteiger partial charge < -0.3 is 14.2 Å². The minimum absolute atomic E-state index is 0.0655. The number of benzene rings is 12. The first-order valence-corrected chi connectivity index (χ1v) is 32.9. The summed E-state index contributed by atoms with van der Waals surface area (Å²) in [6.07, 6.45) is 11.9. The maximum atomic E-state index is 4.21. The smallest absolute Gasteiger partial charge is 0.0725 e. The van der Waals surface area contributed by atoms with Gasteiger partial charge in [0.1, 0.15) is 0 Å². The van der Waals surface area contributed by atoms with E-state index in [1.54, 1.807) is 0 Å². The van der Waals surface area contributed by atoms with Crippen molar-refractivity contribution in [2.45, 2.75) is 45.6 Å². The highest BCUT2D eigenvalue weighted by Gasteiger charge is 2.30. The zero-order valence-corrected chi connectivity index (χ0v) is 52.3. The maximum absolute atomic E-state index is 4.21. The lowest BCUT2D eigenvalue weighted by molar-refractivity contribution is 0.590. The van der Waals surface area contributed by atoms with Gasteiger partial charge in [-0.3, -0.25) is 0 Å². The summed E-state index contributed by atoms with van der Waals surface area (Å²) >= 11 is 3.74. The van der Waals surface area contributed by atoms with Crippen molar-refractivity contribution in [3.8, 4) is 33.4 Å². The van der Waals surface area contributed by atoms with Crippen LogP contribution in [0.1, 0.15) is 66.6 Å². The Morgan fingerprint density at radius 3 is 1.64 bits per heavy atom. The first kappa shape index (κ1) is 53.9. The average Bonchev–Trinajstić information content (AvgIpc) is 1.54. The lowest BCUT2D eigenvalue weighted by atomic mass is 9.86. The average molecular weight is 1190 g/mol. The third kappa shape index (κ3) is 8.82. The number of aromatic nitrogens is 1. The van der Waals surface area contributed by atoms with Crippen molar-refractivity contribution in [2.24, 2.45) is 0 Å². The molecule has 430 valence electrons. The van der Waals surface area contributed by atoms with Crippen molar-refractivity contribution in [1.82, 2.24) is 4.40 Å². The van der Waals surface area contributed by atoms with Crippen LogP contribution in [0.25, 0.3) is 131 Å². The number of hydrogen-bond donors (Lipinski definition) is 0. The molecule has 0 saturated carbocycles. The van der Waals surface area contributed by atoms with Crippen LogP contribution in [-0.2, 0) is 5.41 Å². The number of nitrogens with zero attached hydrogens (tertiary/aromatic N) is 3. The normalized spacial score (nSPS) is 13.6. The van der Waals surface area contributed by atoms with Gasteiger partial charge in [-0.25, -0.2) is 0 Å². The Bertz CT molecular complexity index is 5560. The molecule has 90 heavy (non-hydrogen) atoms. The molecule has 0 bridgehead atoms. The number of fused-ring (bicyclic) bond motifs is 12. The third-order valence-corrected chi connectivity index (χ3v) is 21.3. The molecule has 4 heterocycles. The van der Waals surface area contributed by atoms with Gasteiger partial charge in [0.05, 0.1) is 33.0 Å². The highest BCUT2D eigenvalue weighted by atomic mass is 32.1. The van der Waals surface area contributed by atoms with E-state index < -0.39 is 0 Å². The zero-order valence-electron chi connectivity index (χ0n) is 50.7. The van der Waals surface area contributed by atoms with E-state index in [1.807, 2.05) is 28.7 Å². The molecule has 0 fully saturated rings. The van der Waals surface area contributed by atoms with E-state index in [-0.39, 0.29) is 11.5 Å². The zero-order chi connectivity index (χ0) is 60.4. The number of thiophene rings is 2. The molecule has 0 N–H and O–H groups in total. The van der Waals surface area contributed by atoms with Crippen LogP contribution in [0.15, 0.2) is 267 Å². The highest BCUT2D eigenvalue weighted by Crippen LogP contribution is 2.50. The molecule has 1 aliphatic carbocycles. The Morgan fingerprint density at radius 1 is 0.478 bits per heavy atom. The van der Waals surface area contributed by atoms with Gasteiger partial charge in [0.25, 0.3) is 0 Å². The molecule has 0 aliphatic heterocycles. The van der Waals surface area contributed by atoms with Crippen molar-refractivity contribution >= 4 is 149 Å². The van der Waals surface area contributed by atoms with Crippen LogP contribution < -0.4 is 9.80 Å². The van der Waals surface area contributed by atoms with Crippen molar-refractivity contribution in [2.75, 3.05) is 9.80 Å². The van der Waals surface area contributed by atoms with Gasteiger partial charge in [0, 0.05) is 69.5 Å². The molecule has 0 spiro atoms. The van der Waals surface area contributed by atoms with Crippen LogP contribution in [0.4, 0.5) is 28.4 Å². The van der Waals surface area contributed by atoms with Crippen molar-refractivity contribution in [3.05, 3.63) is 294 Å². The molecule has 17 rings (SSSR count). The number of hydrogen-bond acceptors (Lipinski definition) is 4. The molecule has 0 saturated heterocycles. The van der Waals surface area contributed by atoms with Crippen LogP contribution >= 0.6 is 22.7 Å².